The molecule has 0 bridgehead atoms. The summed E-state index contributed by atoms with van der Waals surface area (Å²) in [5, 5.41) is 0. The zero-order valence-corrected chi connectivity index (χ0v) is 15.1. The van der Waals surface area contributed by atoms with E-state index >= 15 is 0 Å². The molecule has 0 amide bonds. The zero-order chi connectivity index (χ0) is 13.0. The van der Waals surface area contributed by atoms with Crippen LogP contribution in [0.3, 0.4) is 0 Å². The topological polar surface area (TPSA) is 27.7 Å². The van der Waals surface area contributed by atoms with Crippen LogP contribution in [0.25, 0.3) is 0 Å². The molecule has 0 spiro atoms. The average molecular weight is 281 g/mol. The van der Waals surface area contributed by atoms with Gasteiger partial charge in [-0.3, -0.25) is 0 Å². The van der Waals surface area contributed by atoms with Crippen LogP contribution < -0.4 is 0 Å². The van der Waals surface area contributed by atoms with Crippen molar-refractivity contribution in [2.45, 2.75) is 59.2 Å². The Morgan fingerprint density at radius 2 is 1.31 bits per heavy atom. The molecule has 0 saturated carbocycles. The van der Waals surface area contributed by atoms with Crippen LogP contribution in [-0.2, 0) is 12.7 Å². The highest BCUT2D eigenvalue weighted by Gasteiger charge is 2.41. The standard InChI is InChI=1S/C10H28O3Si3/c1-9-11-15(6,7)13-16(8,10-2)12-14(3,4)5/h9-10H2,1-8H3. The fourth-order valence-electron chi connectivity index (χ4n) is 1.71. The van der Waals surface area contributed by atoms with Crippen LogP contribution >= 0.6 is 0 Å². The zero-order valence-electron chi connectivity index (χ0n) is 12.1. The number of rotatable bonds is 7. The fourth-order valence-corrected chi connectivity index (χ4v) is 13.7. The average Bonchev–Trinajstić information content (AvgIpc) is 1.98. The molecule has 0 radical (unpaired) electrons. The molecule has 3 nitrogen and oxygen atoms in total. The minimum Gasteiger partial charge on any atom is -0.437 e. The molecular formula is C10H28O3Si3. The molecule has 0 aliphatic carbocycles. The molecule has 0 rings (SSSR count). The van der Waals surface area contributed by atoms with Crippen LogP contribution in [0.5, 0.6) is 0 Å². The third-order valence-corrected chi connectivity index (χ3v) is 12.3. The summed E-state index contributed by atoms with van der Waals surface area (Å²) < 4.78 is 18.3. The van der Waals surface area contributed by atoms with E-state index in [1.165, 1.54) is 0 Å². The first kappa shape index (κ1) is 16.5. The van der Waals surface area contributed by atoms with Crippen molar-refractivity contribution in [1.82, 2.24) is 0 Å². The van der Waals surface area contributed by atoms with Crippen molar-refractivity contribution in [2.75, 3.05) is 6.61 Å². The lowest BCUT2D eigenvalue weighted by molar-refractivity contribution is 0.240. The third-order valence-electron chi connectivity index (χ3n) is 2.12. The van der Waals surface area contributed by atoms with Crippen LogP contribution in [0.15, 0.2) is 0 Å². The highest BCUT2D eigenvalue weighted by molar-refractivity contribution is 6.86. The van der Waals surface area contributed by atoms with E-state index in [4.69, 9.17) is 12.7 Å². The molecule has 0 aromatic heterocycles. The first-order valence-corrected chi connectivity index (χ1v) is 14.8. The molecule has 0 aliphatic rings. The summed E-state index contributed by atoms with van der Waals surface area (Å²) in [5.74, 6) is 0. The van der Waals surface area contributed by atoms with Crippen LogP contribution in [0.4, 0.5) is 0 Å². The molecular weight excluding hydrogens is 252 g/mol. The summed E-state index contributed by atoms with van der Waals surface area (Å²) in [6.07, 6.45) is 0. The Morgan fingerprint density at radius 3 is 1.62 bits per heavy atom. The van der Waals surface area contributed by atoms with E-state index in [2.05, 4.69) is 46.2 Å². The molecule has 0 saturated heterocycles. The molecule has 0 aromatic rings. The van der Waals surface area contributed by atoms with Gasteiger partial charge in [0.1, 0.15) is 0 Å². The van der Waals surface area contributed by atoms with Crippen LogP contribution in [0.1, 0.15) is 13.8 Å². The Bertz CT molecular complexity index is 216. The highest BCUT2D eigenvalue weighted by Crippen LogP contribution is 2.24. The summed E-state index contributed by atoms with van der Waals surface area (Å²) >= 11 is 0. The minimum absolute atomic E-state index is 0.723. The first-order valence-electron chi connectivity index (χ1n) is 6.08. The van der Waals surface area contributed by atoms with Gasteiger partial charge in [0.05, 0.1) is 0 Å². The van der Waals surface area contributed by atoms with Gasteiger partial charge < -0.3 is 12.7 Å². The van der Waals surface area contributed by atoms with E-state index in [0.29, 0.717) is 0 Å². The Balaban J connectivity index is 4.59. The Hall–Kier alpha value is 0.531. The van der Waals surface area contributed by atoms with Crippen LogP contribution in [0.2, 0.25) is 45.3 Å². The lowest BCUT2D eigenvalue weighted by Gasteiger charge is -2.38. The number of hydrogen-bond donors (Lipinski definition) is 0. The van der Waals surface area contributed by atoms with Gasteiger partial charge in [-0.25, -0.2) is 0 Å². The lowest BCUT2D eigenvalue weighted by atomic mass is 10.9. The Kier molecular flexibility index (Phi) is 6.12. The summed E-state index contributed by atoms with van der Waals surface area (Å²) in [7, 11) is -5.57. The van der Waals surface area contributed by atoms with Gasteiger partial charge in [-0.1, -0.05) is 6.92 Å². The van der Waals surface area contributed by atoms with Crippen molar-refractivity contribution >= 4 is 25.4 Å². The quantitative estimate of drug-likeness (QED) is 0.666. The molecule has 6 heteroatoms. The van der Waals surface area contributed by atoms with E-state index in [9.17, 15) is 0 Å². The molecule has 98 valence electrons. The monoisotopic (exact) mass is 280 g/mol. The maximum Gasteiger partial charge on any atom is 0.322 e. The first-order chi connectivity index (χ1) is 7.04. The predicted molar refractivity (Wildman–Crippen MR) is 76.7 cm³/mol. The van der Waals surface area contributed by atoms with E-state index in [0.717, 1.165) is 12.7 Å². The van der Waals surface area contributed by atoms with E-state index in [-0.39, 0.29) is 0 Å². The Morgan fingerprint density at radius 1 is 0.812 bits per heavy atom. The van der Waals surface area contributed by atoms with Gasteiger partial charge in [-0.05, 0) is 52.2 Å². The smallest absolute Gasteiger partial charge is 0.322 e. The van der Waals surface area contributed by atoms with Gasteiger partial charge in [0.2, 0.25) is 0 Å². The second-order valence-corrected chi connectivity index (χ2v) is 17.6. The summed E-state index contributed by atoms with van der Waals surface area (Å²) in [6.45, 7) is 17.9. The Labute approximate surface area is 104 Å². The molecule has 0 heterocycles. The third kappa shape index (κ3) is 6.97. The van der Waals surface area contributed by atoms with Crippen molar-refractivity contribution in [2.24, 2.45) is 0 Å². The largest absolute Gasteiger partial charge is 0.437 e. The molecule has 0 aliphatic heterocycles. The fraction of sp³-hybridized carbons (Fsp3) is 1.00. The highest BCUT2D eigenvalue weighted by atomic mass is 28.5. The normalized spacial score (nSPS) is 17.2. The summed E-state index contributed by atoms with van der Waals surface area (Å²) in [4.78, 5) is 0. The lowest BCUT2D eigenvalue weighted by Crippen LogP contribution is -2.54. The van der Waals surface area contributed by atoms with Gasteiger partial charge in [-0.2, -0.15) is 0 Å². The molecule has 1 unspecified atom stereocenters. The number of hydrogen-bond acceptors (Lipinski definition) is 3. The van der Waals surface area contributed by atoms with Crippen molar-refractivity contribution in [3.05, 3.63) is 0 Å². The van der Waals surface area contributed by atoms with Crippen molar-refractivity contribution in [1.29, 1.82) is 0 Å². The molecule has 0 fully saturated rings. The molecule has 0 aromatic carbocycles. The summed E-state index contributed by atoms with van der Waals surface area (Å²) in [6, 6.07) is 0.987. The second kappa shape index (κ2) is 5.92. The molecule has 16 heavy (non-hydrogen) atoms. The van der Waals surface area contributed by atoms with Gasteiger partial charge in [0, 0.05) is 6.61 Å². The van der Waals surface area contributed by atoms with E-state index in [1.807, 2.05) is 6.92 Å². The van der Waals surface area contributed by atoms with Crippen molar-refractivity contribution < 1.29 is 12.7 Å². The van der Waals surface area contributed by atoms with E-state index < -0.39 is 25.4 Å². The summed E-state index contributed by atoms with van der Waals surface area (Å²) in [5.41, 5.74) is 0. The van der Waals surface area contributed by atoms with Gasteiger partial charge in [-0.15, -0.1) is 0 Å². The van der Waals surface area contributed by atoms with Gasteiger partial charge >= 0.3 is 17.1 Å². The van der Waals surface area contributed by atoms with Crippen LogP contribution in [0, 0.1) is 0 Å². The van der Waals surface area contributed by atoms with Crippen molar-refractivity contribution in [3.8, 4) is 0 Å². The van der Waals surface area contributed by atoms with Crippen molar-refractivity contribution in [3.63, 3.8) is 0 Å². The van der Waals surface area contributed by atoms with Gasteiger partial charge in [0.25, 0.3) is 0 Å². The molecule has 0 N–H and O–H groups in total. The van der Waals surface area contributed by atoms with Crippen LogP contribution in [-0.4, -0.2) is 32.0 Å². The van der Waals surface area contributed by atoms with E-state index in [1.54, 1.807) is 0 Å². The predicted octanol–water partition coefficient (Wildman–Crippen LogP) is 3.68. The maximum atomic E-state index is 6.27. The molecule has 1 atom stereocenters. The second-order valence-electron chi connectivity index (χ2n) is 5.64. The maximum absolute atomic E-state index is 6.27. The minimum atomic E-state index is -2.03. The SMILES string of the molecule is CCO[Si](C)(C)O[Si](C)(CC)O[Si](C)(C)C. The van der Waals surface area contributed by atoms with Gasteiger partial charge in [0.15, 0.2) is 8.32 Å².